The van der Waals surface area contributed by atoms with Gasteiger partial charge in [0.15, 0.2) is 0 Å². The van der Waals surface area contributed by atoms with Gasteiger partial charge in [-0.15, -0.1) is 0 Å². The Balaban J connectivity index is 2.21. The Bertz CT molecular complexity index is 676. The third-order valence-electron chi connectivity index (χ3n) is 3.15. The highest BCUT2D eigenvalue weighted by Gasteiger charge is 2.07. The van der Waals surface area contributed by atoms with Gasteiger partial charge in [-0.05, 0) is 25.5 Å². The maximum atomic E-state index is 12.3. The van der Waals surface area contributed by atoms with Gasteiger partial charge in [0.1, 0.15) is 6.54 Å². The first kappa shape index (κ1) is 14.2. The van der Waals surface area contributed by atoms with Crippen molar-refractivity contribution in [1.29, 1.82) is 0 Å². The highest BCUT2D eigenvalue weighted by atomic mass is 16.2. The Morgan fingerprint density at radius 3 is 2.95 bits per heavy atom. The molecule has 0 atom stereocenters. The van der Waals surface area contributed by atoms with Gasteiger partial charge in [0.25, 0.3) is 5.56 Å². The van der Waals surface area contributed by atoms with E-state index in [1.807, 2.05) is 19.1 Å². The maximum absolute atomic E-state index is 12.3. The lowest BCUT2D eigenvalue weighted by Gasteiger charge is -2.07. The lowest BCUT2D eigenvalue weighted by Crippen LogP contribution is -2.32. The van der Waals surface area contributed by atoms with Gasteiger partial charge in [0.2, 0.25) is 5.91 Å². The second kappa shape index (κ2) is 6.32. The number of amides is 1. The summed E-state index contributed by atoms with van der Waals surface area (Å²) in [5, 5.41) is 3.34. The van der Waals surface area contributed by atoms with Crippen molar-refractivity contribution in [1.82, 2.24) is 14.9 Å². The molecule has 0 aliphatic rings. The fourth-order valence-corrected chi connectivity index (χ4v) is 2.00. The van der Waals surface area contributed by atoms with Crippen molar-refractivity contribution < 1.29 is 4.79 Å². The minimum Gasteiger partial charge on any atom is -0.355 e. The summed E-state index contributed by atoms with van der Waals surface area (Å²) in [6, 6.07) is 5.53. The second-order valence-electron chi connectivity index (χ2n) is 4.90. The van der Waals surface area contributed by atoms with E-state index in [0.717, 1.165) is 18.4 Å². The number of aryl methyl sites for hydroxylation is 1. The lowest BCUT2D eigenvalue weighted by atomic mass is 10.2. The van der Waals surface area contributed by atoms with Crippen molar-refractivity contribution in [3.05, 3.63) is 40.4 Å². The molecule has 0 saturated carbocycles. The van der Waals surface area contributed by atoms with Gasteiger partial charge in [-0.2, -0.15) is 0 Å². The van der Waals surface area contributed by atoms with E-state index < -0.39 is 0 Å². The summed E-state index contributed by atoms with van der Waals surface area (Å²) in [6.07, 6.45) is 3.40. The van der Waals surface area contributed by atoms with Crippen molar-refractivity contribution in [3.63, 3.8) is 0 Å². The quantitative estimate of drug-likeness (QED) is 0.842. The zero-order chi connectivity index (χ0) is 14.5. The zero-order valence-corrected chi connectivity index (χ0v) is 11.8. The number of carbonyl (C=O) groups is 1. The summed E-state index contributed by atoms with van der Waals surface area (Å²) in [4.78, 5) is 28.2. The summed E-state index contributed by atoms with van der Waals surface area (Å²) in [6.45, 7) is 4.64. The number of hydrogen-bond acceptors (Lipinski definition) is 3. The molecule has 0 unspecified atom stereocenters. The predicted octanol–water partition coefficient (Wildman–Crippen LogP) is 1.62. The fraction of sp³-hybridized carbons (Fsp3) is 0.400. The fourth-order valence-electron chi connectivity index (χ4n) is 2.00. The Morgan fingerprint density at radius 2 is 2.20 bits per heavy atom. The van der Waals surface area contributed by atoms with Crippen LogP contribution in [0.15, 0.2) is 29.3 Å². The number of carbonyl (C=O) groups excluding carboxylic acids is 1. The van der Waals surface area contributed by atoms with Crippen LogP contribution in [0.25, 0.3) is 10.9 Å². The Hall–Kier alpha value is -2.17. The molecule has 2 rings (SSSR count). The van der Waals surface area contributed by atoms with Gasteiger partial charge in [-0.25, -0.2) is 4.98 Å². The summed E-state index contributed by atoms with van der Waals surface area (Å²) < 4.78 is 1.35. The normalized spacial score (nSPS) is 10.7. The molecule has 2 aromatic rings. The van der Waals surface area contributed by atoms with Gasteiger partial charge in [0.05, 0.1) is 17.2 Å². The number of benzene rings is 1. The highest BCUT2D eigenvalue weighted by Crippen LogP contribution is 2.08. The van der Waals surface area contributed by atoms with E-state index in [4.69, 9.17) is 0 Å². The number of nitrogens with one attached hydrogen (secondary N) is 1. The summed E-state index contributed by atoms with van der Waals surface area (Å²) >= 11 is 0. The van der Waals surface area contributed by atoms with Crippen molar-refractivity contribution >= 4 is 16.8 Å². The Kier molecular flexibility index (Phi) is 4.50. The predicted molar refractivity (Wildman–Crippen MR) is 78.7 cm³/mol. The van der Waals surface area contributed by atoms with Crippen molar-refractivity contribution in [3.8, 4) is 0 Å². The number of aromatic nitrogens is 2. The van der Waals surface area contributed by atoms with Gasteiger partial charge in [-0.1, -0.05) is 25.0 Å². The van der Waals surface area contributed by atoms with Crippen LogP contribution in [0, 0.1) is 6.92 Å². The molecule has 0 spiro atoms. The molecule has 0 aliphatic carbocycles. The van der Waals surface area contributed by atoms with E-state index in [-0.39, 0.29) is 18.0 Å². The molecule has 106 valence electrons. The topological polar surface area (TPSA) is 64.0 Å². The average molecular weight is 273 g/mol. The smallest absolute Gasteiger partial charge is 0.261 e. The average Bonchev–Trinajstić information content (AvgIpc) is 2.43. The van der Waals surface area contributed by atoms with Crippen LogP contribution >= 0.6 is 0 Å². The first-order valence-corrected chi connectivity index (χ1v) is 6.84. The van der Waals surface area contributed by atoms with Crippen molar-refractivity contribution in [2.24, 2.45) is 0 Å². The van der Waals surface area contributed by atoms with Crippen molar-refractivity contribution in [2.45, 2.75) is 33.2 Å². The van der Waals surface area contributed by atoms with E-state index in [2.05, 4.69) is 17.2 Å². The number of rotatable bonds is 5. The molecule has 1 aromatic heterocycles. The minimum atomic E-state index is -0.177. The third kappa shape index (κ3) is 3.23. The Morgan fingerprint density at radius 1 is 1.40 bits per heavy atom. The van der Waals surface area contributed by atoms with E-state index in [1.54, 1.807) is 6.07 Å². The van der Waals surface area contributed by atoms with Gasteiger partial charge in [-0.3, -0.25) is 14.2 Å². The van der Waals surface area contributed by atoms with E-state index in [1.165, 1.54) is 10.9 Å². The minimum absolute atomic E-state index is 0.0133. The molecular formula is C15H19N3O2. The van der Waals surface area contributed by atoms with Crippen molar-refractivity contribution in [2.75, 3.05) is 6.54 Å². The highest BCUT2D eigenvalue weighted by molar-refractivity contribution is 5.79. The van der Waals surface area contributed by atoms with E-state index in [0.29, 0.717) is 17.4 Å². The van der Waals surface area contributed by atoms with E-state index in [9.17, 15) is 9.59 Å². The molecule has 1 N–H and O–H groups in total. The number of fused-ring (bicyclic) bond motifs is 1. The first-order chi connectivity index (χ1) is 9.61. The molecule has 0 radical (unpaired) electrons. The molecule has 0 aliphatic heterocycles. The molecule has 1 aromatic carbocycles. The van der Waals surface area contributed by atoms with Crippen LogP contribution in [0.2, 0.25) is 0 Å². The summed E-state index contributed by atoms with van der Waals surface area (Å²) in [7, 11) is 0. The Labute approximate surface area is 117 Å². The number of unbranched alkanes of at least 4 members (excludes halogenated alkanes) is 1. The molecule has 1 heterocycles. The van der Waals surface area contributed by atoms with Crippen LogP contribution in [-0.2, 0) is 11.3 Å². The zero-order valence-electron chi connectivity index (χ0n) is 11.8. The van der Waals surface area contributed by atoms with Gasteiger partial charge in [0, 0.05) is 6.54 Å². The first-order valence-electron chi connectivity index (χ1n) is 6.84. The van der Waals surface area contributed by atoms with Crippen LogP contribution in [0.1, 0.15) is 25.3 Å². The second-order valence-corrected chi connectivity index (χ2v) is 4.90. The molecule has 0 saturated heterocycles. The van der Waals surface area contributed by atoms with Crippen LogP contribution in [0.4, 0.5) is 0 Å². The standard InChI is InChI=1S/C15H19N3O2/c1-3-4-7-16-14(19)9-18-10-17-13-6-5-11(2)8-12(13)15(18)20/h5-6,8,10H,3-4,7,9H2,1-2H3,(H,16,19). The molecule has 1 amide bonds. The molecule has 0 fully saturated rings. The molecule has 20 heavy (non-hydrogen) atoms. The van der Waals surface area contributed by atoms with Crippen LogP contribution in [0.5, 0.6) is 0 Å². The van der Waals surface area contributed by atoms with Gasteiger partial charge >= 0.3 is 0 Å². The third-order valence-corrected chi connectivity index (χ3v) is 3.15. The summed E-state index contributed by atoms with van der Waals surface area (Å²) in [5.74, 6) is -0.158. The number of hydrogen-bond donors (Lipinski definition) is 1. The van der Waals surface area contributed by atoms with Crippen LogP contribution < -0.4 is 10.9 Å². The molecule has 5 heteroatoms. The van der Waals surface area contributed by atoms with Gasteiger partial charge < -0.3 is 5.32 Å². The van der Waals surface area contributed by atoms with E-state index >= 15 is 0 Å². The summed E-state index contributed by atoms with van der Waals surface area (Å²) in [5.41, 5.74) is 1.48. The molecule has 0 bridgehead atoms. The SMILES string of the molecule is CCCCNC(=O)Cn1cnc2ccc(C)cc2c1=O. The van der Waals surface area contributed by atoms with Crippen LogP contribution in [-0.4, -0.2) is 22.0 Å². The van der Waals surface area contributed by atoms with Crippen LogP contribution in [0.3, 0.4) is 0 Å². The number of nitrogens with zero attached hydrogens (tertiary/aromatic N) is 2. The molecular weight excluding hydrogens is 254 g/mol. The monoisotopic (exact) mass is 273 g/mol. The lowest BCUT2D eigenvalue weighted by molar-refractivity contribution is -0.121. The largest absolute Gasteiger partial charge is 0.355 e. The molecule has 5 nitrogen and oxygen atoms in total. The maximum Gasteiger partial charge on any atom is 0.261 e.